The third-order valence-electron chi connectivity index (χ3n) is 3.08. The molecule has 0 aliphatic rings. The molecule has 1 aromatic carbocycles. The molecule has 0 radical (unpaired) electrons. The van der Waals surface area contributed by atoms with Crippen molar-refractivity contribution in [2.45, 2.75) is 33.4 Å². The Morgan fingerprint density at radius 3 is 2.45 bits per heavy atom. The van der Waals surface area contributed by atoms with Gasteiger partial charge < -0.3 is 4.74 Å². The van der Waals surface area contributed by atoms with E-state index in [1.54, 1.807) is 24.3 Å². The van der Waals surface area contributed by atoms with Gasteiger partial charge in [-0.05, 0) is 30.0 Å². The van der Waals surface area contributed by atoms with Crippen molar-refractivity contribution in [1.29, 1.82) is 0 Å². The smallest absolute Gasteiger partial charge is 0.435 e. The first-order valence-electron chi connectivity index (χ1n) is 7.01. The fourth-order valence-electron chi connectivity index (χ4n) is 1.81. The number of benzene rings is 1. The van der Waals surface area contributed by atoms with E-state index in [2.05, 4.69) is 25.9 Å². The van der Waals surface area contributed by atoms with E-state index in [1.807, 2.05) is 0 Å². The fourth-order valence-corrected chi connectivity index (χ4v) is 1.81. The highest BCUT2D eigenvalue weighted by molar-refractivity contribution is 5.38. The molecule has 0 bridgehead atoms. The Hall–Kier alpha value is -1.98. The number of ether oxygens (including phenoxy) is 1. The third kappa shape index (κ3) is 4.51. The Labute approximate surface area is 127 Å². The number of alkyl halides is 3. The van der Waals surface area contributed by atoms with Gasteiger partial charge in [0.05, 0.1) is 12.3 Å². The maximum absolute atomic E-state index is 12.6. The van der Waals surface area contributed by atoms with Gasteiger partial charge in [0, 0.05) is 12.3 Å². The van der Waals surface area contributed by atoms with E-state index in [0.29, 0.717) is 18.0 Å². The van der Waals surface area contributed by atoms with Crippen LogP contribution < -0.4 is 4.74 Å². The number of halogens is 3. The molecule has 0 atom stereocenters. The predicted octanol–water partition coefficient (Wildman–Crippen LogP) is 4.71. The zero-order chi connectivity index (χ0) is 16.4. The predicted molar refractivity (Wildman–Crippen MR) is 78.1 cm³/mol. The van der Waals surface area contributed by atoms with Crippen LogP contribution in [0.15, 0.2) is 36.5 Å². The molecule has 2 aromatic rings. The van der Waals surface area contributed by atoms with E-state index in [1.165, 1.54) is 10.9 Å². The van der Waals surface area contributed by atoms with Gasteiger partial charge in [0.1, 0.15) is 5.75 Å². The van der Waals surface area contributed by atoms with Crippen LogP contribution in [0.2, 0.25) is 0 Å². The molecule has 3 nitrogen and oxygen atoms in total. The van der Waals surface area contributed by atoms with Gasteiger partial charge in [-0.25, -0.2) is 4.68 Å². The van der Waals surface area contributed by atoms with Gasteiger partial charge in [0.2, 0.25) is 0 Å². The first kappa shape index (κ1) is 16.4. The molecule has 0 aliphatic carbocycles. The van der Waals surface area contributed by atoms with E-state index in [-0.39, 0.29) is 5.41 Å². The Bertz CT molecular complexity index is 627. The van der Waals surface area contributed by atoms with Gasteiger partial charge in [-0.3, -0.25) is 0 Å². The standard InChI is InChI=1S/C16H19F3N2O/c1-15(2,3)8-10-22-13-6-4-5-12(11-13)21-9-7-14(20-21)16(17,18)19/h4-7,9,11H,8,10H2,1-3H3. The van der Waals surface area contributed by atoms with Crippen LogP contribution in [0.4, 0.5) is 13.2 Å². The summed E-state index contributed by atoms with van der Waals surface area (Å²) in [5.74, 6) is 0.616. The zero-order valence-corrected chi connectivity index (χ0v) is 12.8. The van der Waals surface area contributed by atoms with Crippen molar-refractivity contribution in [1.82, 2.24) is 9.78 Å². The summed E-state index contributed by atoms with van der Waals surface area (Å²) in [4.78, 5) is 0. The average molecular weight is 312 g/mol. The molecule has 0 spiro atoms. The SMILES string of the molecule is CC(C)(C)CCOc1cccc(-n2ccc(C(F)(F)F)n2)c1. The summed E-state index contributed by atoms with van der Waals surface area (Å²) in [5, 5.41) is 3.55. The molecule has 0 fully saturated rings. The van der Waals surface area contributed by atoms with Crippen molar-refractivity contribution in [3.63, 3.8) is 0 Å². The molecule has 0 N–H and O–H groups in total. The Morgan fingerprint density at radius 1 is 1.14 bits per heavy atom. The Morgan fingerprint density at radius 2 is 1.86 bits per heavy atom. The zero-order valence-electron chi connectivity index (χ0n) is 12.8. The largest absolute Gasteiger partial charge is 0.493 e. The van der Waals surface area contributed by atoms with Crippen molar-refractivity contribution in [2.24, 2.45) is 5.41 Å². The van der Waals surface area contributed by atoms with Crippen LogP contribution in [0.1, 0.15) is 32.9 Å². The molecule has 2 rings (SSSR count). The molecule has 0 saturated heterocycles. The van der Waals surface area contributed by atoms with Crippen LogP contribution in [0, 0.1) is 5.41 Å². The molecule has 120 valence electrons. The molecule has 0 saturated carbocycles. The van der Waals surface area contributed by atoms with Gasteiger partial charge in [-0.2, -0.15) is 18.3 Å². The quantitative estimate of drug-likeness (QED) is 0.818. The van der Waals surface area contributed by atoms with Crippen molar-refractivity contribution in [3.05, 3.63) is 42.2 Å². The summed E-state index contributed by atoms with van der Waals surface area (Å²) in [5.41, 5.74) is -0.211. The van der Waals surface area contributed by atoms with Gasteiger partial charge in [0.25, 0.3) is 0 Å². The van der Waals surface area contributed by atoms with E-state index < -0.39 is 11.9 Å². The maximum Gasteiger partial charge on any atom is 0.435 e. The van der Waals surface area contributed by atoms with Crippen LogP contribution >= 0.6 is 0 Å². The van der Waals surface area contributed by atoms with Gasteiger partial charge >= 0.3 is 6.18 Å². The molecular weight excluding hydrogens is 293 g/mol. The topological polar surface area (TPSA) is 27.1 Å². The summed E-state index contributed by atoms with van der Waals surface area (Å²) in [6, 6.07) is 7.82. The van der Waals surface area contributed by atoms with Gasteiger partial charge in [-0.1, -0.05) is 26.8 Å². The van der Waals surface area contributed by atoms with Crippen molar-refractivity contribution < 1.29 is 17.9 Å². The van der Waals surface area contributed by atoms with Crippen LogP contribution in [-0.2, 0) is 6.18 Å². The van der Waals surface area contributed by atoms with Gasteiger partial charge in [0.15, 0.2) is 5.69 Å². The summed E-state index contributed by atoms with van der Waals surface area (Å²) in [6.07, 6.45) is -2.26. The number of hydrogen-bond donors (Lipinski definition) is 0. The lowest BCUT2D eigenvalue weighted by molar-refractivity contribution is -0.141. The minimum Gasteiger partial charge on any atom is -0.493 e. The second-order valence-electron chi connectivity index (χ2n) is 6.30. The molecule has 0 amide bonds. The van der Waals surface area contributed by atoms with E-state index in [0.717, 1.165) is 12.5 Å². The lowest BCUT2D eigenvalue weighted by Gasteiger charge is -2.18. The molecule has 0 unspecified atom stereocenters. The maximum atomic E-state index is 12.6. The van der Waals surface area contributed by atoms with E-state index in [4.69, 9.17) is 4.74 Å². The van der Waals surface area contributed by atoms with E-state index in [9.17, 15) is 13.2 Å². The highest BCUT2D eigenvalue weighted by Crippen LogP contribution is 2.28. The monoisotopic (exact) mass is 312 g/mol. The number of rotatable bonds is 4. The third-order valence-corrected chi connectivity index (χ3v) is 3.08. The molecule has 22 heavy (non-hydrogen) atoms. The summed E-state index contributed by atoms with van der Waals surface area (Å²) in [6.45, 7) is 6.92. The molecule has 1 heterocycles. The van der Waals surface area contributed by atoms with Crippen LogP contribution in [-0.4, -0.2) is 16.4 Å². The molecule has 6 heteroatoms. The minimum atomic E-state index is -4.44. The number of nitrogens with zero attached hydrogens (tertiary/aromatic N) is 2. The van der Waals surface area contributed by atoms with Crippen LogP contribution in [0.25, 0.3) is 5.69 Å². The Kier molecular flexibility index (Phi) is 4.49. The lowest BCUT2D eigenvalue weighted by Crippen LogP contribution is -2.11. The second-order valence-corrected chi connectivity index (χ2v) is 6.30. The lowest BCUT2D eigenvalue weighted by atomic mass is 9.93. The minimum absolute atomic E-state index is 0.168. The Balaban J connectivity index is 2.10. The summed E-state index contributed by atoms with van der Waals surface area (Å²) < 4.78 is 44.6. The summed E-state index contributed by atoms with van der Waals surface area (Å²) >= 11 is 0. The van der Waals surface area contributed by atoms with Crippen LogP contribution in [0.3, 0.4) is 0 Å². The number of hydrogen-bond acceptors (Lipinski definition) is 2. The van der Waals surface area contributed by atoms with Crippen molar-refractivity contribution in [2.75, 3.05) is 6.61 Å². The fraction of sp³-hybridized carbons (Fsp3) is 0.438. The molecular formula is C16H19F3N2O. The molecule has 0 aliphatic heterocycles. The number of aromatic nitrogens is 2. The molecule has 1 aromatic heterocycles. The highest BCUT2D eigenvalue weighted by Gasteiger charge is 2.33. The first-order chi connectivity index (χ1) is 10.1. The van der Waals surface area contributed by atoms with E-state index >= 15 is 0 Å². The van der Waals surface area contributed by atoms with Crippen molar-refractivity contribution >= 4 is 0 Å². The highest BCUT2D eigenvalue weighted by atomic mass is 19.4. The summed E-state index contributed by atoms with van der Waals surface area (Å²) in [7, 11) is 0. The van der Waals surface area contributed by atoms with Crippen LogP contribution in [0.5, 0.6) is 5.75 Å². The second kappa shape index (κ2) is 6.02. The average Bonchev–Trinajstić information content (AvgIpc) is 2.87. The first-order valence-corrected chi connectivity index (χ1v) is 7.01. The normalized spacial score (nSPS) is 12.5. The van der Waals surface area contributed by atoms with Crippen molar-refractivity contribution in [3.8, 4) is 11.4 Å². The van der Waals surface area contributed by atoms with Gasteiger partial charge in [-0.15, -0.1) is 0 Å².